The highest BCUT2D eigenvalue weighted by Gasteiger charge is 2.40. The molecule has 6 heteroatoms. The molecule has 0 aromatic heterocycles. The average Bonchev–Trinajstić information content (AvgIpc) is 3.14. The summed E-state index contributed by atoms with van der Waals surface area (Å²) in [6.07, 6.45) is 0.508. The predicted molar refractivity (Wildman–Crippen MR) is 133 cm³/mol. The molecule has 0 aliphatic carbocycles. The van der Waals surface area contributed by atoms with E-state index < -0.39 is 11.2 Å². The van der Waals surface area contributed by atoms with E-state index in [0.717, 1.165) is 16.7 Å². The van der Waals surface area contributed by atoms with E-state index in [4.69, 9.17) is 0 Å². The van der Waals surface area contributed by atoms with Crippen molar-refractivity contribution in [3.63, 3.8) is 0 Å². The first-order valence-electron chi connectivity index (χ1n) is 10.6. The second-order valence-electron chi connectivity index (χ2n) is 7.80. The predicted octanol–water partition coefficient (Wildman–Crippen LogP) is 5.37. The molecule has 164 valence electrons. The molecular weight excluding hydrogens is 430 g/mol. The van der Waals surface area contributed by atoms with Gasteiger partial charge in [-0.05, 0) is 55.2 Å². The molecule has 33 heavy (non-hydrogen) atoms. The smallest absolute Gasteiger partial charge is 0.269 e. The van der Waals surface area contributed by atoms with Crippen LogP contribution in [0.1, 0.15) is 16.7 Å². The minimum Gasteiger partial charge on any atom is -0.321 e. The van der Waals surface area contributed by atoms with Gasteiger partial charge in [0.15, 0.2) is 0 Å². The molecule has 0 spiro atoms. The minimum atomic E-state index is -0.525. The van der Waals surface area contributed by atoms with E-state index >= 15 is 0 Å². The van der Waals surface area contributed by atoms with Gasteiger partial charge in [-0.25, -0.2) is 0 Å². The summed E-state index contributed by atoms with van der Waals surface area (Å²) in [7, 11) is 0. The Morgan fingerprint density at radius 1 is 1.00 bits per heavy atom. The highest BCUT2D eigenvalue weighted by molar-refractivity contribution is 8.05. The van der Waals surface area contributed by atoms with Crippen molar-refractivity contribution in [1.82, 2.24) is 0 Å². The quantitative estimate of drug-likeness (QED) is 0.416. The van der Waals surface area contributed by atoms with Crippen molar-refractivity contribution in [3.8, 4) is 6.07 Å². The standard InChI is InChI=1S/C27H23N3O2S/c1-18-10-9-15-23(19(18)2)29-25(31)22(17-28)27-30(21-13-7-4-8-14-21)26(32)24(33-27)16-20-11-5-3-6-12-20/h3-15,24H,16H2,1-2H3,(H,29,31)/b27-22+. The average molecular weight is 454 g/mol. The number of carbonyl (C=O) groups excluding carboxylic acids is 2. The number of aryl methyl sites for hydroxylation is 1. The zero-order valence-corrected chi connectivity index (χ0v) is 19.2. The van der Waals surface area contributed by atoms with Crippen LogP contribution in [0.4, 0.5) is 11.4 Å². The van der Waals surface area contributed by atoms with Gasteiger partial charge in [0.05, 0.1) is 5.25 Å². The Labute approximate surface area is 197 Å². The maximum Gasteiger partial charge on any atom is 0.269 e. The van der Waals surface area contributed by atoms with E-state index in [-0.39, 0.29) is 11.5 Å². The maximum atomic E-state index is 13.5. The van der Waals surface area contributed by atoms with E-state index in [1.807, 2.05) is 74.5 Å². The van der Waals surface area contributed by atoms with Crippen LogP contribution >= 0.6 is 11.8 Å². The number of nitrogens with zero attached hydrogens (tertiary/aromatic N) is 2. The molecule has 1 unspecified atom stereocenters. The van der Waals surface area contributed by atoms with Crippen molar-refractivity contribution in [2.75, 3.05) is 10.2 Å². The molecule has 3 aromatic rings. The molecule has 1 fully saturated rings. The fraction of sp³-hybridized carbons (Fsp3) is 0.148. The Bertz CT molecular complexity index is 1260. The number of thioether (sulfide) groups is 1. The van der Waals surface area contributed by atoms with Gasteiger partial charge in [-0.15, -0.1) is 0 Å². The first-order chi connectivity index (χ1) is 16.0. The monoisotopic (exact) mass is 453 g/mol. The van der Waals surface area contributed by atoms with Gasteiger partial charge >= 0.3 is 0 Å². The van der Waals surface area contributed by atoms with Crippen LogP contribution in [0.2, 0.25) is 0 Å². The first kappa shape index (κ1) is 22.4. The number of carbonyl (C=O) groups is 2. The molecule has 1 saturated heterocycles. The normalized spacial score (nSPS) is 16.9. The summed E-state index contributed by atoms with van der Waals surface area (Å²) in [4.78, 5) is 28.2. The van der Waals surface area contributed by atoms with Crippen LogP contribution in [0.15, 0.2) is 89.5 Å². The first-order valence-corrected chi connectivity index (χ1v) is 11.5. The van der Waals surface area contributed by atoms with Gasteiger partial charge in [-0.3, -0.25) is 14.5 Å². The van der Waals surface area contributed by atoms with Crippen LogP contribution in [0.5, 0.6) is 0 Å². The highest BCUT2D eigenvalue weighted by Crippen LogP contribution is 2.42. The van der Waals surface area contributed by atoms with Gasteiger partial charge < -0.3 is 5.32 Å². The largest absolute Gasteiger partial charge is 0.321 e. The summed E-state index contributed by atoms with van der Waals surface area (Å²) >= 11 is 1.27. The second-order valence-corrected chi connectivity index (χ2v) is 8.99. The summed E-state index contributed by atoms with van der Waals surface area (Å²) in [5.74, 6) is -0.667. The molecule has 1 aliphatic rings. The number of para-hydroxylation sites is 1. The number of nitrogens with one attached hydrogen (secondary N) is 1. The topological polar surface area (TPSA) is 73.2 Å². The Morgan fingerprint density at radius 2 is 1.67 bits per heavy atom. The van der Waals surface area contributed by atoms with E-state index in [1.54, 1.807) is 18.2 Å². The molecule has 0 bridgehead atoms. The highest BCUT2D eigenvalue weighted by atomic mass is 32.2. The van der Waals surface area contributed by atoms with Crippen molar-refractivity contribution >= 4 is 35.0 Å². The third-order valence-electron chi connectivity index (χ3n) is 5.64. The van der Waals surface area contributed by atoms with Crippen LogP contribution in [0, 0.1) is 25.2 Å². The van der Waals surface area contributed by atoms with E-state index in [1.165, 1.54) is 16.7 Å². The second kappa shape index (κ2) is 9.76. The number of benzene rings is 3. The third-order valence-corrected chi connectivity index (χ3v) is 6.90. The van der Waals surface area contributed by atoms with Crippen molar-refractivity contribution in [1.29, 1.82) is 5.26 Å². The van der Waals surface area contributed by atoms with Gasteiger partial charge in [0, 0.05) is 11.4 Å². The molecule has 5 nitrogen and oxygen atoms in total. The number of anilines is 2. The Kier molecular flexibility index (Phi) is 6.62. The zero-order chi connectivity index (χ0) is 23.4. The number of amides is 2. The summed E-state index contributed by atoms with van der Waals surface area (Å²) in [5.41, 5.74) is 4.20. The number of hydrogen-bond donors (Lipinski definition) is 1. The minimum absolute atomic E-state index is 0.0753. The van der Waals surface area contributed by atoms with Crippen molar-refractivity contribution in [2.24, 2.45) is 0 Å². The molecule has 4 rings (SSSR count). The summed E-state index contributed by atoms with van der Waals surface area (Å²) in [6, 6.07) is 26.6. The number of rotatable bonds is 5. The van der Waals surface area contributed by atoms with Crippen LogP contribution in [0.25, 0.3) is 0 Å². The van der Waals surface area contributed by atoms with Crippen LogP contribution in [0.3, 0.4) is 0 Å². The van der Waals surface area contributed by atoms with Crippen LogP contribution in [-0.2, 0) is 16.0 Å². The van der Waals surface area contributed by atoms with Gasteiger partial charge in [0.25, 0.3) is 5.91 Å². The molecule has 1 N–H and O–H groups in total. The molecule has 0 saturated carbocycles. The summed E-state index contributed by atoms with van der Waals surface area (Å²) in [6.45, 7) is 3.88. The molecule has 2 amide bonds. The van der Waals surface area contributed by atoms with E-state index in [9.17, 15) is 14.9 Å². The lowest BCUT2D eigenvalue weighted by Crippen LogP contribution is -2.30. The van der Waals surface area contributed by atoms with Crippen LogP contribution in [-0.4, -0.2) is 17.1 Å². The zero-order valence-electron chi connectivity index (χ0n) is 18.4. The lowest BCUT2D eigenvalue weighted by molar-refractivity contribution is -0.117. The number of hydrogen-bond acceptors (Lipinski definition) is 4. The number of nitriles is 1. The van der Waals surface area contributed by atoms with Gasteiger partial charge in [0.1, 0.15) is 16.7 Å². The van der Waals surface area contributed by atoms with Gasteiger partial charge in [-0.1, -0.05) is 72.4 Å². The molecule has 3 aromatic carbocycles. The Balaban J connectivity index is 1.73. The lowest BCUT2D eigenvalue weighted by Gasteiger charge is -2.19. The van der Waals surface area contributed by atoms with Crippen LogP contribution < -0.4 is 10.2 Å². The van der Waals surface area contributed by atoms with Gasteiger partial charge in [0.2, 0.25) is 5.91 Å². The molecular formula is C27H23N3O2S. The Hall–Kier alpha value is -3.82. The summed E-state index contributed by atoms with van der Waals surface area (Å²) in [5, 5.41) is 12.8. The SMILES string of the molecule is Cc1cccc(NC(=O)/C(C#N)=C2/SC(Cc3ccccc3)C(=O)N2c2ccccc2)c1C. The van der Waals surface area contributed by atoms with Crippen molar-refractivity contribution in [2.45, 2.75) is 25.5 Å². The maximum absolute atomic E-state index is 13.5. The molecule has 1 heterocycles. The lowest BCUT2D eigenvalue weighted by atomic mass is 10.1. The summed E-state index contributed by atoms with van der Waals surface area (Å²) < 4.78 is 0. The van der Waals surface area contributed by atoms with Crippen molar-refractivity contribution < 1.29 is 9.59 Å². The van der Waals surface area contributed by atoms with Crippen molar-refractivity contribution in [3.05, 3.63) is 106 Å². The van der Waals surface area contributed by atoms with Gasteiger partial charge in [-0.2, -0.15) is 5.26 Å². The third kappa shape index (κ3) is 4.69. The molecule has 0 radical (unpaired) electrons. The molecule has 1 atom stereocenters. The van der Waals surface area contributed by atoms with E-state index in [0.29, 0.717) is 22.8 Å². The fourth-order valence-corrected chi connectivity index (χ4v) is 5.01. The fourth-order valence-electron chi connectivity index (χ4n) is 3.70. The molecule has 1 aliphatic heterocycles. The Morgan fingerprint density at radius 3 is 2.33 bits per heavy atom. The van der Waals surface area contributed by atoms with E-state index in [2.05, 4.69) is 11.4 Å².